The van der Waals surface area contributed by atoms with Crippen LogP contribution in [0.3, 0.4) is 0 Å². The van der Waals surface area contributed by atoms with Gasteiger partial charge in [-0.3, -0.25) is 0 Å². The highest BCUT2D eigenvalue weighted by molar-refractivity contribution is 5.90. The highest BCUT2D eigenvalue weighted by Crippen LogP contribution is 2.10. The van der Waals surface area contributed by atoms with Crippen molar-refractivity contribution >= 4 is 11.7 Å². The Morgan fingerprint density at radius 1 is 1.62 bits per heavy atom. The molecule has 0 fully saturated rings. The summed E-state index contributed by atoms with van der Waals surface area (Å²) in [7, 11) is 1.35. The van der Waals surface area contributed by atoms with E-state index in [1.165, 1.54) is 7.11 Å². The molecule has 0 atom stereocenters. The fourth-order valence-corrected chi connectivity index (χ4v) is 0.992. The van der Waals surface area contributed by atoms with Gasteiger partial charge < -0.3 is 15.8 Å². The summed E-state index contributed by atoms with van der Waals surface area (Å²) in [6, 6.07) is 6.98. The van der Waals surface area contributed by atoms with E-state index in [1.807, 2.05) is 6.07 Å². The number of nitrogens with two attached hydrogens (primary N) is 1. The van der Waals surface area contributed by atoms with Gasteiger partial charge >= 0.3 is 5.97 Å². The minimum Gasteiger partial charge on any atom is -0.465 e. The molecule has 0 unspecified atom stereocenters. The summed E-state index contributed by atoms with van der Waals surface area (Å²) in [5.74, 6) is -0.347. The number of rotatable bonds is 3. The first-order valence-corrected chi connectivity index (χ1v) is 3.90. The van der Waals surface area contributed by atoms with Gasteiger partial charge in [-0.25, -0.2) is 4.79 Å². The van der Waals surface area contributed by atoms with Crippen molar-refractivity contribution in [1.29, 1.82) is 0 Å². The number of hydrogen-bond acceptors (Lipinski definition) is 4. The monoisotopic (exact) mass is 180 g/mol. The van der Waals surface area contributed by atoms with Crippen molar-refractivity contribution in [3.05, 3.63) is 29.8 Å². The van der Waals surface area contributed by atoms with E-state index in [0.29, 0.717) is 12.2 Å². The first-order valence-electron chi connectivity index (χ1n) is 3.90. The van der Waals surface area contributed by atoms with Crippen molar-refractivity contribution in [2.24, 2.45) is 5.73 Å². The zero-order valence-electron chi connectivity index (χ0n) is 7.41. The van der Waals surface area contributed by atoms with E-state index < -0.39 is 0 Å². The lowest BCUT2D eigenvalue weighted by molar-refractivity contribution is 0.0601. The van der Waals surface area contributed by atoms with Crippen LogP contribution in [0.5, 0.6) is 0 Å². The zero-order chi connectivity index (χ0) is 9.68. The molecule has 3 N–H and O–H groups in total. The predicted molar refractivity (Wildman–Crippen MR) is 50.5 cm³/mol. The Hall–Kier alpha value is -1.55. The van der Waals surface area contributed by atoms with Gasteiger partial charge in [-0.2, -0.15) is 0 Å². The normalized spacial score (nSPS) is 9.38. The number of methoxy groups -OCH3 is 1. The van der Waals surface area contributed by atoms with Gasteiger partial charge in [0.25, 0.3) is 0 Å². The van der Waals surface area contributed by atoms with Gasteiger partial charge in [-0.1, -0.05) is 6.07 Å². The molecule has 0 aliphatic carbocycles. The Kier molecular flexibility index (Phi) is 3.28. The SMILES string of the molecule is COC(=O)c1cccc(NCN)c1. The number of anilines is 1. The topological polar surface area (TPSA) is 64.3 Å². The van der Waals surface area contributed by atoms with E-state index >= 15 is 0 Å². The number of ether oxygens (including phenoxy) is 1. The number of carbonyl (C=O) groups is 1. The van der Waals surface area contributed by atoms with Crippen molar-refractivity contribution in [3.63, 3.8) is 0 Å². The molecule has 0 bridgehead atoms. The highest BCUT2D eigenvalue weighted by Gasteiger charge is 2.04. The second-order valence-electron chi connectivity index (χ2n) is 2.45. The van der Waals surface area contributed by atoms with Crippen LogP contribution in [0.25, 0.3) is 0 Å². The van der Waals surface area contributed by atoms with E-state index in [-0.39, 0.29) is 5.97 Å². The Labute approximate surface area is 76.7 Å². The van der Waals surface area contributed by atoms with Crippen LogP contribution in [0.15, 0.2) is 24.3 Å². The minimum atomic E-state index is -0.347. The van der Waals surface area contributed by atoms with Crippen molar-refractivity contribution in [2.75, 3.05) is 19.1 Å². The number of carbonyl (C=O) groups excluding carboxylic acids is 1. The maximum Gasteiger partial charge on any atom is 0.337 e. The van der Waals surface area contributed by atoms with Crippen LogP contribution in [0.2, 0.25) is 0 Å². The fourth-order valence-electron chi connectivity index (χ4n) is 0.992. The van der Waals surface area contributed by atoms with Gasteiger partial charge in [0.2, 0.25) is 0 Å². The molecule has 70 valence electrons. The van der Waals surface area contributed by atoms with Crippen molar-refractivity contribution in [3.8, 4) is 0 Å². The van der Waals surface area contributed by atoms with E-state index in [4.69, 9.17) is 5.73 Å². The van der Waals surface area contributed by atoms with Gasteiger partial charge in [0, 0.05) is 5.69 Å². The average molecular weight is 180 g/mol. The lowest BCUT2D eigenvalue weighted by atomic mass is 10.2. The van der Waals surface area contributed by atoms with Gasteiger partial charge in [0.05, 0.1) is 19.3 Å². The van der Waals surface area contributed by atoms with Crippen LogP contribution in [-0.2, 0) is 4.74 Å². The third-order valence-electron chi connectivity index (χ3n) is 1.59. The largest absolute Gasteiger partial charge is 0.465 e. The highest BCUT2D eigenvalue weighted by atomic mass is 16.5. The van der Waals surface area contributed by atoms with Crippen molar-refractivity contribution < 1.29 is 9.53 Å². The molecule has 0 heterocycles. The second kappa shape index (κ2) is 4.47. The summed E-state index contributed by atoms with van der Waals surface area (Å²) in [6.45, 7) is 0.338. The molecule has 1 rings (SSSR count). The number of hydrogen-bond donors (Lipinski definition) is 2. The maximum atomic E-state index is 11.1. The van der Waals surface area contributed by atoms with Crippen molar-refractivity contribution in [1.82, 2.24) is 0 Å². The molecule has 0 saturated carbocycles. The third kappa shape index (κ3) is 2.45. The van der Waals surface area contributed by atoms with Gasteiger partial charge in [0.1, 0.15) is 0 Å². The van der Waals surface area contributed by atoms with E-state index in [2.05, 4.69) is 10.1 Å². The Balaban J connectivity index is 2.85. The number of benzene rings is 1. The molecule has 0 radical (unpaired) electrons. The molecule has 1 aromatic carbocycles. The summed E-state index contributed by atoms with van der Waals surface area (Å²) >= 11 is 0. The van der Waals surface area contributed by atoms with E-state index in [9.17, 15) is 4.79 Å². The summed E-state index contributed by atoms with van der Waals surface area (Å²) in [5, 5.41) is 2.90. The predicted octanol–water partition coefficient (Wildman–Crippen LogP) is 0.801. The maximum absolute atomic E-state index is 11.1. The molecule has 0 amide bonds. The van der Waals surface area contributed by atoms with Crippen LogP contribution >= 0.6 is 0 Å². The molecular weight excluding hydrogens is 168 g/mol. The number of esters is 1. The average Bonchev–Trinajstić information content (AvgIpc) is 2.18. The first kappa shape index (κ1) is 9.54. The minimum absolute atomic E-state index is 0.338. The van der Waals surface area contributed by atoms with Gasteiger partial charge in [-0.05, 0) is 18.2 Å². The molecule has 4 nitrogen and oxygen atoms in total. The van der Waals surface area contributed by atoms with Crippen LogP contribution in [-0.4, -0.2) is 19.7 Å². The molecule has 0 spiro atoms. The number of nitrogens with one attached hydrogen (secondary N) is 1. The van der Waals surface area contributed by atoms with Gasteiger partial charge in [0.15, 0.2) is 0 Å². The van der Waals surface area contributed by atoms with Gasteiger partial charge in [-0.15, -0.1) is 0 Å². The molecule has 0 aliphatic rings. The first-order chi connectivity index (χ1) is 6.27. The quantitative estimate of drug-likeness (QED) is 0.533. The van der Waals surface area contributed by atoms with Crippen LogP contribution in [0.1, 0.15) is 10.4 Å². The molecular formula is C9H12N2O2. The molecule has 1 aromatic rings. The lowest BCUT2D eigenvalue weighted by Crippen LogP contribution is -2.11. The molecule has 0 aliphatic heterocycles. The van der Waals surface area contributed by atoms with E-state index in [0.717, 1.165) is 5.69 Å². The van der Waals surface area contributed by atoms with Crippen LogP contribution in [0, 0.1) is 0 Å². The summed E-state index contributed by atoms with van der Waals surface area (Å²) in [5.41, 5.74) is 6.62. The third-order valence-corrected chi connectivity index (χ3v) is 1.59. The Morgan fingerprint density at radius 3 is 3.00 bits per heavy atom. The molecule has 4 heteroatoms. The molecule has 13 heavy (non-hydrogen) atoms. The summed E-state index contributed by atoms with van der Waals surface area (Å²) in [6.07, 6.45) is 0. The summed E-state index contributed by atoms with van der Waals surface area (Å²) in [4.78, 5) is 11.1. The Morgan fingerprint density at radius 2 is 2.38 bits per heavy atom. The van der Waals surface area contributed by atoms with Crippen LogP contribution in [0.4, 0.5) is 5.69 Å². The standard InChI is InChI=1S/C9H12N2O2/c1-13-9(12)7-3-2-4-8(5-7)11-6-10/h2-5,11H,6,10H2,1H3. The second-order valence-corrected chi connectivity index (χ2v) is 2.45. The van der Waals surface area contributed by atoms with Crippen molar-refractivity contribution in [2.45, 2.75) is 0 Å². The van der Waals surface area contributed by atoms with Crippen LogP contribution < -0.4 is 11.1 Å². The fraction of sp³-hybridized carbons (Fsp3) is 0.222. The Bertz CT molecular complexity index is 299. The molecule has 0 aromatic heterocycles. The lowest BCUT2D eigenvalue weighted by Gasteiger charge is -2.04. The smallest absolute Gasteiger partial charge is 0.337 e. The molecule has 0 saturated heterocycles. The van der Waals surface area contributed by atoms with E-state index in [1.54, 1.807) is 18.2 Å². The zero-order valence-corrected chi connectivity index (χ0v) is 7.41. The summed E-state index contributed by atoms with van der Waals surface area (Å²) < 4.78 is 4.57.